The molecule has 1 aromatic rings. The van der Waals surface area contributed by atoms with Gasteiger partial charge in [-0.15, -0.1) is 0 Å². The van der Waals surface area contributed by atoms with Crippen LogP contribution in [0, 0.1) is 0 Å². The fourth-order valence-electron chi connectivity index (χ4n) is 2.97. The molecule has 2 saturated heterocycles. The Labute approximate surface area is 120 Å². The second-order valence-corrected chi connectivity index (χ2v) is 5.91. The van der Waals surface area contributed by atoms with Crippen LogP contribution in [0.5, 0.6) is 0 Å². The SMILES string of the molecule is CC(O)C(C)N1CCN(C2OC2c2ccccc2)CC1. The van der Waals surface area contributed by atoms with Gasteiger partial charge in [-0.1, -0.05) is 30.3 Å². The summed E-state index contributed by atoms with van der Waals surface area (Å²) in [6.07, 6.45) is 0.231. The fourth-order valence-corrected chi connectivity index (χ4v) is 2.97. The van der Waals surface area contributed by atoms with Crippen LogP contribution in [-0.4, -0.2) is 59.5 Å². The molecule has 4 nitrogen and oxygen atoms in total. The largest absolute Gasteiger partial charge is 0.392 e. The Morgan fingerprint density at radius 2 is 1.75 bits per heavy atom. The standard InChI is InChI=1S/C16H24N2O2/c1-12(13(2)19)17-8-10-18(11-9-17)16-15(20-16)14-6-4-3-5-7-14/h3-7,12-13,15-16,19H,8-11H2,1-2H3. The Morgan fingerprint density at radius 1 is 1.10 bits per heavy atom. The molecule has 2 aliphatic heterocycles. The lowest BCUT2D eigenvalue weighted by Crippen LogP contribution is -2.52. The number of hydrogen-bond donors (Lipinski definition) is 1. The molecule has 0 saturated carbocycles. The zero-order chi connectivity index (χ0) is 14.1. The van der Waals surface area contributed by atoms with Gasteiger partial charge in [-0.3, -0.25) is 9.80 Å². The van der Waals surface area contributed by atoms with Crippen molar-refractivity contribution in [3.63, 3.8) is 0 Å². The third-order valence-corrected chi connectivity index (χ3v) is 4.58. The molecule has 0 aromatic heterocycles. The van der Waals surface area contributed by atoms with Crippen LogP contribution in [0.4, 0.5) is 0 Å². The summed E-state index contributed by atoms with van der Waals surface area (Å²) in [5.41, 5.74) is 1.28. The molecule has 3 rings (SSSR count). The lowest BCUT2D eigenvalue weighted by atomic mass is 10.1. The van der Waals surface area contributed by atoms with Crippen LogP contribution < -0.4 is 0 Å². The Balaban J connectivity index is 1.51. The van der Waals surface area contributed by atoms with E-state index in [-0.39, 0.29) is 24.5 Å². The number of aliphatic hydroxyl groups is 1. The van der Waals surface area contributed by atoms with E-state index in [0.29, 0.717) is 0 Å². The van der Waals surface area contributed by atoms with Gasteiger partial charge in [0.15, 0.2) is 0 Å². The zero-order valence-corrected chi connectivity index (χ0v) is 12.3. The number of nitrogens with zero attached hydrogens (tertiary/aromatic N) is 2. The highest BCUT2D eigenvalue weighted by Gasteiger charge is 2.45. The molecule has 0 spiro atoms. The zero-order valence-electron chi connectivity index (χ0n) is 12.3. The van der Waals surface area contributed by atoms with E-state index in [1.54, 1.807) is 0 Å². The molecule has 1 N–H and O–H groups in total. The summed E-state index contributed by atoms with van der Waals surface area (Å²) in [7, 11) is 0. The number of piperazine rings is 1. The summed E-state index contributed by atoms with van der Waals surface area (Å²) in [5, 5.41) is 9.67. The molecule has 2 heterocycles. The minimum Gasteiger partial charge on any atom is -0.392 e. The van der Waals surface area contributed by atoms with Crippen molar-refractivity contribution in [1.29, 1.82) is 0 Å². The molecular weight excluding hydrogens is 252 g/mol. The molecule has 2 aliphatic rings. The average Bonchev–Trinajstić information content (AvgIpc) is 3.28. The van der Waals surface area contributed by atoms with E-state index in [0.717, 1.165) is 26.2 Å². The predicted molar refractivity (Wildman–Crippen MR) is 78.3 cm³/mol. The number of rotatable bonds is 4. The molecule has 4 unspecified atom stereocenters. The monoisotopic (exact) mass is 276 g/mol. The Kier molecular flexibility index (Phi) is 4.08. The van der Waals surface area contributed by atoms with Gasteiger partial charge in [0.25, 0.3) is 0 Å². The first kappa shape index (κ1) is 14.0. The van der Waals surface area contributed by atoms with Crippen molar-refractivity contribution < 1.29 is 9.84 Å². The Hall–Kier alpha value is -0.940. The van der Waals surface area contributed by atoms with Crippen LogP contribution in [0.15, 0.2) is 30.3 Å². The third kappa shape index (κ3) is 2.88. The van der Waals surface area contributed by atoms with Gasteiger partial charge in [0.1, 0.15) is 12.3 Å². The van der Waals surface area contributed by atoms with E-state index in [2.05, 4.69) is 41.0 Å². The lowest BCUT2D eigenvalue weighted by Gasteiger charge is -2.38. The maximum atomic E-state index is 9.67. The summed E-state index contributed by atoms with van der Waals surface area (Å²) < 4.78 is 5.84. The molecule has 4 atom stereocenters. The van der Waals surface area contributed by atoms with Crippen molar-refractivity contribution >= 4 is 0 Å². The van der Waals surface area contributed by atoms with Crippen LogP contribution in [0.1, 0.15) is 25.5 Å². The Morgan fingerprint density at radius 3 is 2.35 bits per heavy atom. The fraction of sp³-hybridized carbons (Fsp3) is 0.625. The van der Waals surface area contributed by atoms with Gasteiger partial charge in [-0.2, -0.15) is 0 Å². The van der Waals surface area contributed by atoms with Gasteiger partial charge >= 0.3 is 0 Å². The normalized spacial score (nSPS) is 30.9. The third-order valence-electron chi connectivity index (χ3n) is 4.58. The van der Waals surface area contributed by atoms with E-state index in [1.807, 2.05) is 13.0 Å². The van der Waals surface area contributed by atoms with Crippen molar-refractivity contribution in [3.8, 4) is 0 Å². The van der Waals surface area contributed by atoms with Gasteiger partial charge in [-0.05, 0) is 19.4 Å². The first-order valence-corrected chi connectivity index (χ1v) is 7.53. The van der Waals surface area contributed by atoms with E-state index < -0.39 is 0 Å². The second kappa shape index (κ2) is 5.82. The summed E-state index contributed by atoms with van der Waals surface area (Å²) in [4.78, 5) is 4.78. The molecule has 110 valence electrons. The minimum absolute atomic E-state index is 0.238. The molecule has 0 aliphatic carbocycles. The number of aliphatic hydroxyl groups excluding tert-OH is 1. The van der Waals surface area contributed by atoms with Crippen molar-refractivity contribution in [1.82, 2.24) is 9.80 Å². The lowest BCUT2D eigenvalue weighted by molar-refractivity contribution is 0.0232. The summed E-state index contributed by atoms with van der Waals surface area (Å²) >= 11 is 0. The van der Waals surface area contributed by atoms with Crippen molar-refractivity contribution in [2.24, 2.45) is 0 Å². The highest BCUT2D eigenvalue weighted by molar-refractivity contribution is 5.22. The van der Waals surface area contributed by atoms with Gasteiger partial charge < -0.3 is 9.84 Å². The van der Waals surface area contributed by atoms with Gasteiger partial charge in [0.05, 0.1) is 6.10 Å². The maximum absolute atomic E-state index is 9.67. The topological polar surface area (TPSA) is 39.2 Å². The molecule has 2 fully saturated rings. The highest BCUT2D eigenvalue weighted by atomic mass is 16.6. The number of ether oxygens (including phenoxy) is 1. The van der Waals surface area contributed by atoms with E-state index in [1.165, 1.54) is 5.56 Å². The first-order chi connectivity index (χ1) is 9.66. The number of epoxide rings is 1. The smallest absolute Gasteiger partial charge is 0.142 e. The number of hydrogen-bond acceptors (Lipinski definition) is 4. The van der Waals surface area contributed by atoms with Crippen LogP contribution in [0.25, 0.3) is 0 Å². The van der Waals surface area contributed by atoms with Crippen LogP contribution in [0.3, 0.4) is 0 Å². The summed E-state index contributed by atoms with van der Waals surface area (Å²) in [6, 6.07) is 10.7. The van der Waals surface area contributed by atoms with Crippen LogP contribution in [0.2, 0.25) is 0 Å². The van der Waals surface area contributed by atoms with Gasteiger partial charge in [0.2, 0.25) is 0 Å². The number of benzene rings is 1. The van der Waals surface area contributed by atoms with Crippen LogP contribution in [-0.2, 0) is 4.74 Å². The van der Waals surface area contributed by atoms with Crippen molar-refractivity contribution in [2.75, 3.05) is 26.2 Å². The second-order valence-electron chi connectivity index (χ2n) is 5.91. The van der Waals surface area contributed by atoms with E-state index in [4.69, 9.17) is 4.74 Å². The summed E-state index contributed by atoms with van der Waals surface area (Å²) in [5.74, 6) is 0. The summed E-state index contributed by atoms with van der Waals surface area (Å²) in [6.45, 7) is 8.02. The molecule has 0 amide bonds. The van der Waals surface area contributed by atoms with Crippen LogP contribution >= 0.6 is 0 Å². The molecule has 4 heteroatoms. The minimum atomic E-state index is -0.268. The van der Waals surface area contributed by atoms with Crippen molar-refractivity contribution in [3.05, 3.63) is 35.9 Å². The van der Waals surface area contributed by atoms with Gasteiger partial charge in [-0.25, -0.2) is 0 Å². The highest BCUT2D eigenvalue weighted by Crippen LogP contribution is 2.41. The predicted octanol–water partition coefficient (Wildman–Crippen LogP) is 1.47. The van der Waals surface area contributed by atoms with E-state index >= 15 is 0 Å². The molecule has 0 bridgehead atoms. The maximum Gasteiger partial charge on any atom is 0.142 e. The molecule has 20 heavy (non-hydrogen) atoms. The molecular formula is C16H24N2O2. The first-order valence-electron chi connectivity index (χ1n) is 7.53. The Bertz CT molecular complexity index is 429. The quantitative estimate of drug-likeness (QED) is 0.845. The average molecular weight is 276 g/mol. The molecule has 1 aromatic carbocycles. The van der Waals surface area contributed by atoms with Crippen molar-refractivity contribution in [2.45, 2.75) is 38.3 Å². The molecule has 0 radical (unpaired) electrons. The van der Waals surface area contributed by atoms with E-state index in [9.17, 15) is 5.11 Å². The van der Waals surface area contributed by atoms with Gasteiger partial charge in [0, 0.05) is 32.2 Å².